The van der Waals surface area contributed by atoms with Crippen molar-refractivity contribution in [3.05, 3.63) is 46.6 Å². The molecule has 21 heavy (non-hydrogen) atoms. The molecule has 3 rings (SSSR count). The number of aromatic nitrogens is 4. The van der Waals surface area contributed by atoms with E-state index in [0.717, 1.165) is 5.56 Å². The Morgan fingerprint density at radius 2 is 1.95 bits per heavy atom. The first kappa shape index (κ1) is 13.0. The molecule has 0 aliphatic rings. The Bertz CT molecular complexity index is 778. The van der Waals surface area contributed by atoms with Gasteiger partial charge in [-0.1, -0.05) is 18.2 Å². The summed E-state index contributed by atoms with van der Waals surface area (Å²) in [5.74, 6) is 0.332. The Morgan fingerprint density at radius 1 is 1.24 bits per heavy atom. The highest BCUT2D eigenvalue weighted by Crippen LogP contribution is 2.29. The first-order chi connectivity index (χ1) is 10.2. The molecule has 0 N–H and O–H groups in total. The van der Waals surface area contributed by atoms with Crippen molar-refractivity contribution in [1.29, 1.82) is 0 Å². The lowest BCUT2D eigenvalue weighted by atomic mass is 10.2. The molecule has 0 aliphatic heterocycles. The van der Waals surface area contributed by atoms with Crippen molar-refractivity contribution in [3.8, 4) is 23.0 Å². The van der Waals surface area contributed by atoms with Gasteiger partial charge in [-0.25, -0.2) is 0 Å². The molecule has 0 bridgehead atoms. The van der Waals surface area contributed by atoms with Crippen LogP contribution in [0.2, 0.25) is 0 Å². The molecular weight excluding hydrogens is 274 g/mol. The largest absolute Gasteiger partial charge is 0.414 e. The normalized spacial score (nSPS) is 10.7. The van der Waals surface area contributed by atoms with Gasteiger partial charge in [0.25, 0.3) is 5.89 Å². The van der Waals surface area contributed by atoms with Crippen molar-refractivity contribution in [2.24, 2.45) is 0 Å². The SMILES string of the molecule is CCn1cc([N+](=O)[O-])c(-c2nnc(-c3ccccc3)o2)n1. The summed E-state index contributed by atoms with van der Waals surface area (Å²) in [6.45, 7) is 2.35. The van der Waals surface area contributed by atoms with Crippen LogP contribution in [0.25, 0.3) is 23.0 Å². The molecule has 2 heterocycles. The van der Waals surface area contributed by atoms with Gasteiger partial charge < -0.3 is 4.42 Å². The maximum atomic E-state index is 11.1. The smallest absolute Gasteiger partial charge is 0.320 e. The predicted molar refractivity (Wildman–Crippen MR) is 73.3 cm³/mol. The van der Waals surface area contributed by atoms with E-state index in [4.69, 9.17) is 4.42 Å². The van der Waals surface area contributed by atoms with Crippen molar-refractivity contribution in [2.75, 3.05) is 0 Å². The van der Waals surface area contributed by atoms with Crippen LogP contribution in [0.1, 0.15) is 6.92 Å². The first-order valence-electron chi connectivity index (χ1n) is 6.30. The van der Waals surface area contributed by atoms with E-state index in [1.807, 2.05) is 37.3 Å². The minimum Gasteiger partial charge on any atom is -0.414 e. The Morgan fingerprint density at radius 3 is 2.62 bits per heavy atom. The molecule has 0 saturated heterocycles. The van der Waals surface area contributed by atoms with Gasteiger partial charge in [0.2, 0.25) is 11.6 Å². The minimum absolute atomic E-state index is 0.0350. The molecule has 0 atom stereocenters. The van der Waals surface area contributed by atoms with Gasteiger partial charge >= 0.3 is 5.69 Å². The van der Waals surface area contributed by atoms with Gasteiger partial charge in [0.05, 0.1) is 4.92 Å². The number of benzene rings is 1. The summed E-state index contributed by atoms with van der Waals surface area (Å²) >= 11 is 0. The Labute approximate surface area is 119 Å². The van der Waals surface area contributed by atoms with Crippen LogP contribution in [0.5, 0.6) is 0 Å². The molecule has 0 saturated carbocycles. The number of hydrogen-bond donors (Lipinski definition) is 0. The molecule has 0 fully saturated rings. The zero-order valence-corrected chi connectivity index (χ0v) is 11.1. The summed E-state index contributed by atoms with van der Waals surface area (Å²) in [5.41, 5.74) is 0.672. The molecule has 3 aromatic rings. The third-order valence-corrected chi connectivity index (χ3v) is 2.91. The van der Waals surface area contributed by atoms with Crippen molar-refractivity contribution in [2.45, 2.75) is 13.5 Å². The second-order valence-electron chi connectivity index (χ2n) is 4.25. The van der Waals surface area contributed by atoms with Gasteiger partial charge in [0.15, 0.2) is 0 Å². The van der Waals surface area contributed by atoms with Crippen LogP contribution in [-0.2, 0) is 6.54 Å². The summed E-state index contributed by atoms with van der Waals surface area (Å²) in [6, 6.07) is 9.18. The van der Waals surface area contributed by atoms with Crippen LogP contribution in [-0.4, -0.2) is 24.9 Å². The van der Waals surface area contributed by atoms with Gasteiger partial charge in [0.1, 0.15) is 6.20 Å². The molecule has 0 radical (unpaired) electrons. The lowest BCUT2D eigenvalue weighted by molar-refractivity contribution is -0.384. The predicted octanol–water partition coefficient (Wildman–Crippen LogP) is 2.53. The second-order valence-corrected chi connectivity index (χ2v) is 4.25. The van der Waals surface area contributed by atoms with Gasteiger partial charge in [-0.3, -0.25) is 14.8 Å². The van der Waals surface area contributed by atoms with Crippen molar-refractivity contribution >= 4 is 5.69 Å². The maximum Gasteiger partial charge on any atom is 0.320 e. The van der Waals surface area contributed by atoms with Gasteiger partial charge in [-0.05, 0) is 19.1 Å². The Kier molecular flexibility index (Phi) is 3.19. The van der Waals surface area contributed by atoms with Gasteiger partial charge in [0, 0.05) is 12.1 Å². The lowest BCUT2D eigenvalue weighted by Crippen LogP contribution is -1.93. The highest BCUT2D eigenvalue weighted by molar-refractivity contribution is 5.62. The number of aryl methyl sites for hydroxylation is 1. The monoisotopic (exact) mass is 285 g/mol. The van der Waals surface area contributed by atoms with E-state index in [1.165, 1.54) is 10.9 Å². The van der Waals surface area contributed by atoms with E-state index in [9.17, 15) is 10.1 Å². The maximum absolute atomic E-state index is 11.1. The average Bonchev–Trinajstić information content (AvgIpc) is 3.14. The highest BCUT2D eigenvalue weighted by Gasteiger charge is 2.25. The Balaban J connectivity index is 2.04. The number of rotatable bonds is 4. The van der Waals surface area contributed by atoms with E-state index in [2.05, 4.69) is 15.3 Å². The molecule has 106 valence electrons. The zero-order chi connectivity index (χ0) is 14.8. The van der Waals surface area contributed by atoms with Crippen LogP contribution in [0.15, 0.2) is 40.9 Å². The first-order valence-corrected chi connectivity index (χ1v) is 6.30. The van der Waals surface area contributed by atoms with Crippen molar-refractivity contribution < 1.29 is 9.34 Å². The second kappa shape index (κ2) is 5.16. The van der Waals surface area contributed by atoms with Crippen LogP contribution in [0.4, 0.5) is 5.69 Å². The Hall–Kier alpha value is -3.03. The zero-order valence-electron chi connectivity index (χ0n) is 11.1. The van der Waals surface area contributed by atoms with Gasteiger partial charge in [-0.15, -0.1) is 10.2 Å². The van der Waals surface area contributed by atoms with E-state index < -0.39 is 4.92 Å². The molecule has 0 amide bonds. The fourth-order valence-electron chi connectivity index (χ4n) is 1.88. The number of nitro groups is 1. The standard InChI is InChI=1S/C13H11N5O3/c1-2-17-8-10(18(19)20)11(16-17)13-15-14-12(21-13)9-6-4-3-5-7-9/h3-8H,2H2,1H3. The molecule has 2 aromatic heterocycles. The van der Waals surface area contributed by atoms with E-state index >= 15 is 0 Å². The topological polar surface area (TPSA) is 99.9 Å². The molecule has 0 spiro atoms. The van der Waals surface area contributed by atoms with Crippen LogP contribution in [0, 0.1) is 10.1 Å². The van der Waals surface area contributed by atoms with E-state index in [1.54, 1.807) is 0 Å². The van der Waals surface area contributed by atoms with Crippen molar-refractivity contribution in [1.82, 2.24) is 20.0 Å². The number of nitrogens with zero attached hydrogens (tertiary/aromatic N) is 5. The lowest BCUT2D eigenvalue weighted by Gasteiger charge is -1.92. The average molecular weight is 285 g/mol. The van der Waals surface area contributed by atoms with E-state index in [0.29, 0.717) is 12.4 Å². The molecule has 0 unspecified atom stereocenters. The molecular formula is C13H11N5O3. The summed E-state index contributed by atoms with van der Waals surface area (Å²) in [7, 11) is 0. The molecule has 1 aromatic carbocycles. The highest BCUT2D eigenvalue weighted by atomic mass is 16.6. The summed E-state index contributed by atoms with van der Waals surface area (Å²) in [6.07, 6.45) is 1.35. The fourth-order valence-corrected chi connectivity index (χ4v) is 1.88. The minimum atomic E-state index is -0.513. The summed E-state index contributed by atoms with van der Waals surface area (Å²) < 4.78 is 6.96. The van der Waals surface area contributed by atoms with Crippen LogP contribution < -0.4 is 0 Å². The molecule has 8 nitrogen and oxygen atoms in total. The fraction of sp³-hybridized carbons (Fsp3) is 0.154. The van der Waals surface area contributed by atoms with Crippen LogP contribution in [0.3, 0.4) is 0 Å². The molecule has 8 heteroatoms. The quantitative estimate of drug-likeness (QED) is 0.539. The number of hydrogen-bond acceptors (Lipinski definition) is 6. The summed E-state index contributed by atoms with van der Waals surface area (Å²) in [5, 5.41) is 22.9. The molecule has 0 aliphatic carbocycles. The van der Waals surface area contributed by atoms with Crippen molar-refractivity contribution in [3.63, 3.8) is 0 Å². The van der Waals surface area contributed by atoms with Crippen LogP contribution >= 0.6 is 0 Å². The summed E-state index contributed by atoms with van der Waals surface area (Å²) in [4.78, 5) is 10.6. The van der Waals surface area contributed by atoms with Gasteiger partial charge in [-0.2, -0.15) is 5.10 Å². The third kappa shape index (κ3) is 2.38. The van der Waals surface area contributed by atoms with E-state index in [-0.39, 0.29) is 17.3 Å². The third-order valence-electron chi connectivity index (χ3n) is 2.91.